The van der Waals surface area contributed by atoms with Gasteiger partial charge in [-0.3, -0.25) is 0 Å². The van der Waals surface area contributed by atoms with E-state index in [1.54, 1.807) is 0 Å². The van der Waals surface area contributed by atoms with Crippen molar-refractivity contribution in [2.75, 3.05) is 19.6 Å². The Bertz CT molecular complexity index is 369. The Morgan fingerprint density at radius 2 is 2.35 bits per heavy atom. The molecule has 0 spiro atoms. The molecular formula is C14H20BrNO. The van der Waals surface area contributed by atoms with Crippen LogP contribution in [0.1, 0.15) is 31.4 Å². The van der Waals surface area contributed by atoms with Crippen molar-refractivity contribution in [1.29, 1.82) is 0 Å². The number of hydrogen-bond acceptors (Lipinski definition) is 2. The third-order valence-corrected chi connectivity index (χ3v) is 3.95. The van der Waals surface area contributed by atoms with Crippen LogP contribution in [0.2, 0.25) is 0 Å². The molecule has 0 radical (unpaired) electrons. The lowest BCUT2D eigenvalue weighted by atomic mass is 10.1. The molecule has 2 atom stereocenters. The third kappa shape index (κ3) is 3.80. The summed E-state index contributed by atoms with van der Waals surface area (Å²) < 4.78 is 1.03. The molecule has 1 aromatic carbocycles. The Hall–Kier alpha value is -0.380. The van der Waals surface area contributed by atoms with Gasteiger partial charge in [0.15, 0.2) is 0 Å². The molecule has 17 heavy (non-hydrogen) atoms. The first-order valence-electron chi connectivity index (χ1n) is 6.31. The number of rotatable bonds is 4. The standard InChI is InChI=1S/C14H20BrNO/c1-11-5-7-16(10-11)8-6-14(17)12-3-2-4-13(15)9-12/h2-4,9,11,14,17H,5-8,10H2,1H3. The molecule has 1 aliphatic heterocycles. The zero-order valence-electron chi connectivity index (χ0n) is 10.3. The SMILES string of the molecule is CC1CCN(CCC(O)c2cccc(Br)c2)C1. The van der Waals surface area contributed by atoms with Crippen LogP contribution < -0.4 is 0 Å². The molecule has 0 amide bonds. The lowest BCUT2D eigenvalue weighted by Gasteiger charge is -2.18. The average Bonchev–Trinajstić information content (AvgIpc) is 2.72. The predicted molar refractivity (Wildman–Crippen MR) is 73.9 cm³/mol. The van der Waals surface area contributed by atoms with E-state index in [1.165, 1.54) is 19.5 Å². The van der Waals surface area contributed by atoms with Crippen molar-refractivity contribution >= 4 is 15.9 Å². The van der Waals surface area contributed by atoms with Gasteiger partial charge in [0.2, 0.25) is 0 Å². The molecule has 1 heterocycles. The summed E-state index contributed by atoms with van der Waals surface area (Å²) in [4.78, 5) is 2.45. The quantitative estimate of drug-likeness (QED) is 0.922. The van der Waals surface area contributed by atoms with Crippen LogP contribution in [-0.2, 0) is 0 Å². The number of likely N-dealkylation sites (tertiary alicyclic amines) is 1. The zero-order chi connectivity index (χ0) is 12.3. The van der Waals surface area contributed by atoms with E-state index in [9.17, 15) is 5.11 Å². The summed E-state index contributed by atoms with van der Waals surface area (Å²) in [5, 5.41) is 10.1. The molecule has 0 saturated carbocycles. The summed E-state index contributed by atoms with van der Waals surface area (Å²) in [6, 6.07) is 7.94. The fourth-order valence-electron chi connectivity index (χ4n) is 2.41. The maximum Gasteiger partial charge on any atom is 0.0802 e. The number of nitrogens with zero attached hydrogens (tertiary/aromatic N) is 1. The summed E-state index contributed by atoms with van der Waals surface area (Å²) in [6.45, 7) is 5.67. The predicted octanol–water partition coefficient (Wildman–Crippen LogP) is 3.21. The maximum absolute atomic E-state index is 10.1. The van der Waals surface area contributed by atoms with E-state index in [-0.39, 0.29) is 6.10 Å². The van der Waals surface area contributed by atoms with Crippen LogP contribution in [0.15, 0.2) is 28.7 Å². The Morgan fingerprint density at radius 3 is 3.00 bits per heavy atom. The van der Waals surface area contributed by atoms with Gasteiger partial charge in [-0.05, 0) is 43.0 Å². The van der Waals surface area contributed by atoms with Crippen molar-refractivity contribution in [2.45, 2.75) is 25.9 Å². The van der Waals surface area contributed by atoms with E-state index in [0.29, 0.717) is 0 Å². The van der Waals surface area contributed by atoms with E-state index in [4.69, 9.17) is 0 Å². The van der Waals surface area contributed by atoms with Gasteiger partial charge in [0.05, 0.1) is 6.10 Å². The molecule has 0 aliphatic carbocycles. The number of aliphatic hydroxyl groups excluding tert-OH is 1. The second-order valence-electron chi connectivity index (χ2n) is 5.05. The number of halogens is 1. The summed E-state index contributed by atoms with van der Waals surface area (Å²) >= 11 is 3.43. The highest BCUT2D eigenvalue weighted by molar-refractivity contribution is 9.10. The first-order valence-corrected chi connectivity index (χ1v) is 7.10. The van der Waals surface area contributed by atoms with E-state index < -0.39 is 0 Å². The Kier molecular flexibility index (Phi) is 4.60. The van der Waals surface area contributed by atoms with Gasteiger partial charge in [0, 0.05) is 17.6 Å². The minimum Gasteiger partial charge on any atom is -0.388 e. The first kappa shape index (κ1) is 13.1. The maximum atomic E-state index is 10.1. The van der Waals surface area contributed by atoms with Crippen LogP contribution >= 0.6 is 15.9 Å². The van der Waals surface area contributed by atoms with Crippen LogP contribution in [-0.4, -0.2) is 29.6 Å². The van der Waals surface area contributed by atoms with Gasteiger partial charge in [-0.2, -0.15) is 0 Å². The zero-order valence-corrected chi connectivity index (χ0v) is 11.9. The summed E-state index contributed by atoms with van der Waals surface area (Å²) in [5.74, 6) is 0.818. The smallest absolute Gasteiger partial charge is 0.0802 e. The molecule has 1 fully saturated rings. The van der Waals surface area contributed by atoms with Crippen LogP contribution in [0.4, 0.5) is 0 Å². The highest BCUT2D eigenvalue weighted by Gasteiger charge is 2.19. The van der Waals surface area contributed by atoms with Crippen LogP contribution in [0.5, 0.6) is 0 Å². The molecule has 1 saturated heterocycles. The van der Waals surface area contributed by atoms with Gasteiger partial charge in [-0.1, -0.05) is 35.0 Å². The Balaban J connectivity index is 1.83. The minimum atomic E-state index is -0.344. The molecule has 0 aromatic heterocycles. The van der Waals surface area contributed by atoms with Gasteiger partial charge in [0.25, 0.3) is 0 Å². The van der Waals surface area contributed by atoms with Crippen molar-refractivity contribution in [3.05, 3.63) is 34.3 Å². The number of benzene rings is 1. The molecule has 2 rings (SSSR count). The summed E-state index contributed by atoms with van der Waals surface area (Å²) in [7, 11) is 0. The second kappa shape index (κ2) is 5.98. The lowest BCUT2D eigenvalue weighted by molar-refractivity contribution is 0.148. The van der Waals surface area contributed by atoms with Crippen LogP contribution in [0.25, 0.3) is 0 Å². The summed E-state index contributed by atoms with van der Waals surface area (Å²) in [5.41, 5.74) is 1.01. The van der Waals surface area contributed by atoms with Crippen molar-refractivity contribution in [1.82, 2.24) is 4.90 Å². The molecule has 2 nitrogen and oxygen atoms in total. The highest BCUT2D eigenvalue weighted by Crippen LogP contribution is 2.22. The van der Waals surface area contributed by atoms with Crippen molar-refractivity contribution in [3.8, 4) is 0 Å². The van der Waals surface area contributed by atoms with Crippen molar-refractivity contribution < 1.29 is 5.11 Å². The molecule has 3 heteroatoms. The second-order valence-corrected chi connectivity index (χ2v) is 5.97. The minimum absolute atomic E-state index is 0.344. The molecule has 2 unspecified atom stereocenters. The van der Waals surface area contributed by atoms with Gasteiger partial charge < -0.3 is 10.0 Å². The largest absolute Gasteiger partial charge is 0.388 e. The van der Waals surface area contributed by atoms with E-state index in [2.05, 4.69) is 27.8 Å². The van der Waals surface area contributed by atoms with Crippen LogP contribution in [0.3, 0.4) is 0 Å². The van der Waals surface area contributed by atoms with Gasteiger partial charge in [0.1, 0.15) is 0 Å². The van der Waals surface area contributed by atoms with Gasteiger partial charge >= 0.3 is 0 Å². The van der Waals surface area contributed by atoms with Crippen molar-refractivity contribution in [3.63, 3.8) is 0 Å². The lowest BCUT2D eigenvalue weighted by Crippen LogP contribution is -2.23. The fraction of sp³-hybridized carbons (Fsp3) is 0.571. The third-order valence-electron chi connectivity index (χ3n) is 3.46. The summed E-state index contributed by atoms with van der Waals surface area (Å²) in [6.07, 6.45) is 1.78. The molecular weight excluding hydrogens is 278 g/mol. The van der Waals surface area contributed by atoms with Gasteiger partial charge in [-0.15, -0.1) is 0 Å². The highest BCUT2D eigenvalue weighted by atomic mass is 79.9. The Labute approximate surface area is 112 Å². The molecule has 0 bridgehead atoms. The first-order chi connectivity index (χ1) is 8.15. The average molecular weight is 298 g/mol. The molecule has 1 aliphatic rings. The molecule has 94 valence electrons. The molecule has 1 N–H and O–H groups in total. The van der Waals surface area contributed by atoms with Crippen molar-refractivity contribution in [2.24, 2.45) is 5.92 Å². The van der Waals surface area contributed by atoms with E-state index in [0.717, 1.165) is 28.9 Å². The van der Waals surface area contributed by atoms with E-state index >= 15 is 0 Å². The normalized spacial score (nSPS) is 22.9. The van der Waals surface area contributed by atoms with Crippen LogP contribution in [0, 0.1) is 5.92 Å². The van der Waals surface area contributed by atoms with Gasteiger partial charge in [-0.25, -0.2) is 0 Å². The molecule has 1 aromatic rings. The fourth-order valence-corrected chi connectivity index (χ4v) is 2.83. The number of aliphatic hydroxyl groups is 1. The topological polar surface area (TPSA) is 23.5 Å². The number of hydrogen-bond donors (Lipinski definition) is 1. The van der Waals surface area contributed by atoms with E-state index in [1.807, 2.05) is 24.3 Å². The monoisotopic (exact) mass is 297 g/mol. The Morgan fingerprint density at radius 1 is 1.53 bits per heavy atom.